The molecule has 4 aliphatic heterocycles. The normalized spacial score (nSPS) is 33.1. The number of ether oxygens (including phenoxy) is 2. The highest BCUT2D eigenvalue weighted by Gasteiger charge is 2.78. The number of Topliss-reactive ketones (excluding diaryl/α,β-unsaturated/α-hetero) is 2. The maximum absolute atomic E-state index is 17.4. The lowest BCUT2D eigenvalue weighted by molar-refractivity contribution is -0.225. The van der Waals surface area contributed by atoms with Gasteiger partial charge < -0.3 is 51.2 Å². The van der Waals surface area contributed by atoms with Crippen molar-refractivity contribution in [3.8, 4) is 11.5 Å². The van der Waals surface area contributed by atoms with E-state index in [4.69, 9.17) is 25.1 Å². The van der Waals surface area contributed by atoms with Crippen LogP contribution in [0.1, 0.15) is 263 Å². The number of carbonyl (C=O) groups excluding carboxylic acids is 13. The van der Waals surface area contributed by atoms with Crippen LogP contribution in [-0.2, 0) is 52.7 Å². The Morgan fingerprint density at radius 1 is 0.524 bits per heavy atom. The van der Waals surface area contributed by atoms with Gasteiger partial charge >= 0.3 is 18.1 Å². The molecule has 2 unspecified atom stereocenters. The maximum atomic E-state index is 17.4. The van der Waals surface area contributed by atoms with Crippen LogP contribution in [0.15, 0.2) is 84.0 Å². The average Bonchev–Trinajstić information content (AvgIpc) is 1.42. The van der Waals surface area contributed by atoms with Gasteiger partial charge in [0.05, 0.1) is 34.5 Å². The Hall–Kier alpha value is -9.90. The van der Waals surface area contributed by atoms with E-state index in [1.54, 1.807) is 52.0 Å². The summed E-state index contributed by atoms with van der Waals surface area (Å²) in [5.41, 5.74) is -5.02. The van der Waals surface area contributed by atoms with Gasteiger partial charge in [-0.25, -0.2) is 18.4 Å². The molecule has 0 aromatic heterocycles. The monoisotopic (exact) mass is 1770 g/mol. The van der Waals surface area contributed by atoms with Crippen LogP contribution < -0.4 is 31.2 Å². The number of aliphatic carboxylic acids is 2. The molecule has 2 aromatic rings. The number of nitrogens with zero attached hydrogens (tertiary/aromatic N) is 2. The first kappa shape index (κ1) is 96.7. The number of allylic oxidation sites excluding steroid dienone is 8. The minimum Gasteiger partial charge on any atom is -0.485 e. The summed E-state index contributed by atoms with van der Waals surface area (Å²) in [5, 5.41) is 70.1. The number of alkyl halides is 5. The quantitative estimate of drug-likeness (QED) is 0.0206. The molecule has 0 spiro atoms. The Labute approximate surface area is 726 Å². The Bertz CT molecular complexity index is 4820. The Morgan fingerprint density at radius 2 is 0.897 bits per heavy atom. The van der Waals surface area contributed by atoms with Crippen LogP contribution in [0.3, 0.4) is 0 Å². The zero-order valence-corrected chi connectivity index (χ0v) is 71.8. The van der Waals surface area contributed by atoms with Crippen molar-refractivity contribution in [3.63, 3.8) is 0 Å². The van der Waals surface area contributed by atoms with Gasteiger partial charge in [-0.3, -0.25) is 82.8 Å². The van der Waals surface area contributed by atoms with Crippen molar-refractivity contribution in [2.45, 2.75) is 274 Å². The van der Waals surface area contributed by atoms with Crippen LogP contribution in [0.2, 0.25) is 0 Å². The molecule has 0 radical (unpaired) electrons. The number of unbranched alkanes of at least 4 members (excludes halogenated alkanes) is 12. The second kappa shape index (κ2) is 38.2. The molecule has 18 atom stereocenters. The van der Waals surface area contributed by atoms with Crippen LogP contribution in [0.5, 0.6) is 11.5 Å². The minimum atomic E-state index is -5.08. The lowest BCUT2D eigenvalue weighted by Gasteiger charge is -2.62. The van der Waals surface area contributed by atoms with E-state index in [0.717, 1.165) is 93.4 Å². The predicted octanol–water partition coefficient (Wildman–Crippen LogP) is 9.79. The summed E-state index contributed by atoms with van der Waals surface area (Å²) in [5.74, 6) is -12.5. The fraction of sp³-hybridized carbons (Fsp3) is 0.620. The van der Waals surface area contributed by atoms with Gasteiger partial charge in [0.25, 0.3) is 29.5 Å². The molecule has 4 heterocycles. The summed E-state index contributed by atoms with van der Waals surface area (Å²) >= 11 is 0. The highest BCUT2D eigenvalue weighted by molar-refractivity contribution is 6.25. The van der Waals surface area contributed by atoms with Gasteiger partial charge in [0.2, 0.25) is 23.6 Å². The van der Waals surface area contributed by atoms with Crippen LogP contribution in [0.25, 0.3) is 0 Å². The van der Waals surface area contributed by atoms with Gasteiger partial charge in [-0.05, 0) is 183 Å². The third-order valence-corrected chi connectivity index (χ3v) is 29.6. The largest absolute Gasteiger partial charge is 0.490 e. The van der Waals surface area contributed by atoms with Gasteiger partial charge in [0.1, 0.15) is 36.8 Å². The first-order valence-corrected chi connectivity index (χ1v) is 43.9. The Kier molecular flexibility index (Phi) is 29.3. The number of hydrogen-bond acceptors (Lipinski definition) is 22. The number of nitrogens with one attached hydrogen (secondary N) is 3. The third kappa shape index (κ3) is 17.7. The van der Waals surface area contributed by atoms with E-state index < -0.39 is 163 Å². The smallest absolute Gasteiger partial charge is 0.485 e. The predicted molar refractivity (Wildman–Crippen MR) is 440 cm³/mol. The van der Waals surface area contributed by atoms with Crippen molar-refractivity contribution in [1.29, 1.82) is 0 Å². The average molecular weight is 1770 g/mol. The van der Waals surface area contributed by atoms with Gasteiger partial charge in [-0.15, -0.1) is 0 Å². The third-order valence-electron chi connectivity index (χ3n) is 29.6. The van der Waals surface area contributed by atoms with E-state index in [-0.39, 0.29) is 127 Å². The molecule has 686 valence electrons. The molecule has 34 heteroatoms. The van der Waals surface area contributed by atoms with Crippen LogP contribution in [0, 0.1) is 57.2 Å². The van der Waals surface area contributed by atoms with Crippen LogP contribution >= 0.6 is 0 Å². The molecule has 8 aliphatic carbocycles. The SMILES string of the molecule is C[C@@H]1C[C@@H]2[C@@H]3CCC4=CC(=O)C=C[C@]4(C)[C@@]3(F)[C@@H](O)C[C@]2(C)[C@@]1(O)C(=O)O.C[C@@H]1C[C@H]2[C@@H]3CCC4=CC(=O)C=C[C@]4(C)[C@@]3(F)[C@@H](O)C[C@]2(C)[C@@]1(O)C(=O)NCCCCCCCCCC(=O)COc1cccc2c1C(=O)N(C1CCC(=O)NC1=O)C2=O.NCCCCCCCCCC(=O)COc1cccc2c1C(=O)N(C1CCC(=O)NC1=O)C2=O.O=C(O)C(F)(F)F. The molecule has 6 saturated carbocycles. The molecule has 126 heavy (non-hydrogen) atoms. The number of halogens is 5. The minimum absolute atomic E-state index is 0.00279. The number of rotatable bonds is 29. The Balaban J connectivity index is 0.000000193. The highest BCUT2D eigenvalue weighted by Crippen LogP contribution is 2.73. The number of aliphatic hydroxyl groups is 4. The summed E-state index contributed by atoms with van der Waals surface area (Å²) in [6.45, 7) is 11.2. The molecule has 11 N–H and O–H groups in total. The second-order valence-electron chi connectivity index (χ2n) is 36.8. The molecule has 29 nitrogen and oxygen atoms in total. The maximum Gasteiger partial charge on any atom is 0.490 e. The van der Waals surface area contributed by atoms with Gasteiger partial charge in [-0.1, -0.05) is 127 Å². The van der Waals surface area contributed by atoms with E-state index in [1.807, 2.05) is 13.8 Å². The number of carboxylic acid groups (broad SMARTS) is 2. The zero-order chi connectivity index (χ0) is 92.4. The number of hydrogen-bond donors (Lipinski definition) is 10. The van der Waals surface area contributed by atoms with Crippen molar-refractivity contribution < 1.29 is 134 Å². The summed E-state index contributed by atoms with van der Waals surface area (Å²) in [6, 6.07) is 6.97. The van der Waals surface area contributed by atoms with Crippen molar-refractivity contribution in [2.75, 3.05) is 26.3 Å². The van der Waals surface area contributed by atoms with Crippen molar-refractivity contribution in [1.82, 2.24) is 25.8 Å². The van der Waals surface area contributed by atoms with Crippen molar-refractivity contribution >= 4 is 88.2 Å². The zero-order valence-electron chi connectivity index (χ0n) is 71.8. The molecule has 9 amide bonds. The summed E-state index contributed by atoms with van der Waals surface area (Å²) in [6.07, 6.45) is 17.6. The number of nitrogens with two attached hydrogens (primary N) is 1. The molecule has 2 aromatic carbocycles. The number of fused-ring (bicyclic) bond motifs is 12. The molecule has 2 saturated heterocycles. The first-order chi connectivity index (χ1) is 59.3. The van der Waals surface area contributed by atoms with E-state index in [1.165, 1.54) is 48.6 Å². The van der Waals surface area contributed by atoms with Crippen molar-refractivity contribution in [3.05, 3.63) is 106 Å². The molecule has 12 aliphatic rings. The summed E-state index contributed by atoms with van der Waals surface area (Å²) in [7, 11) is 0. The molecular formula is C92H115F5N6O23. The number of aliphatic hydroxyl groups excluding tert-OH is 2. The Morgan fingerprint density at radius 3 is 1.28 bits per heavy atom. The number of amides is 9. The summed E-state index contributed by atoms with van der Waals surface area (Å²) in [4.78, 5) is 185. The fourth-order valence-electron chi connectivity index (χ4n) is 22.7. The number of ketones is 4. The number of benzene rings is 2. The van der Waals surface area contributed by atoms with E-state index in [0.29, 0.717) is 75.5 Å². The number of piperidine rings is 2. The van der Waals surface area contributed by atoms with Gasteiger partial charge in [0, 0.05) is 65.7 Å². The molecule has 8 fully saturated rings. The van der Waals surface area contributed by atoms with E-state index in [9.17, 15) is 106 Å². The first-order valence-electron chi connectivity index (χ1n) is 43.9. The highest BCUT2D eigenvalue weighted by atomic mass is 19.4. The van der Waals surface area contributed by atoms with Crippen LogP contribution in [-0.4, -0.2) is 208 Å². The van der Waals surface area contributed by atoms with Crippen molar-refractivity contribution in [2.24, 2.45) is 62.9 Å². The standard InChI is InChI=1S/C45H56FN3O10.C24H31N3O6.C21H27FO5.C2HF3O2/c1-26-22-32-31-16-15-27-23-28(50)19-20-42(27,2)44(31,46)35(52)24-43(32,3)45(26,58)41(57)47-21-10-8-6-4-5-7-9-12-29(51)25-59-34-14-11-13-30-37(34)40(56)49(39(30)55)33-17-18-36(53)48-38(33)54;25-14-7-5-3-1-2-4-6-9-16(28)15-33-19-11-8-10-17-21(19)24(32)27(23(17)31)18-12-13-20(29)26-22(18)30;1-11-8-15-14-5-4-12-9-13(23)6-7-18(12,2)20(14,22)16(24)10-19(15,3)21(11,27)17(25)26;3-2(4,5)1(6)7/h11,13-14,19-20,23,26,31-33,35,52,58H,4-10,12,15-18,21-22,24-25H2,1-3H3,(H,47,57)(H,48,53,54);8,10-11,18H,1-7,9,12-15,25H2,(H,26,29,30);6-7,9,11,14-16,24,27H,4-5,8,10H2,1-3H3,(H,25,26);(H,6,7)/t26-,31+,32+,33?,35+,42+,43+,44+,45+;;11-,14+,15-,16+,18+,19+,20+,21+;/m1.1./s1. The lowest BCUT2D eigenvalue weighted by Crippen LogP contribution is -2.70. The topological polar surface area (TPSA) is 464 Å². The number of imide groups is 4. The van der Waals surface area contributed by atoms with Gasteiger partial charge in [0.15, 0.2) is 45.7 Å². The van der Waals surface area contributed by atoms with Crippen LogP contribution in [0.4, 0.5) is 22.0 Å². The number of carbonyl (C=O) groups is 15. The molecule has 14 rings (SSSR count). The second-order valence-corrected chi connectivity index (χ2v) is 36.8. The van der Waals surface area contributed by atoms with Gasteiger partial charge in [-0.2, -0.15) is 13.2 Å². The lowest BCUT2D eigenvalue weighted by atomic mass is 9.44. The number of carboxylic acids is 2. The summed E-state index contributed by atoms with van der Waals surface area (Å²) < 4.78 is 77.2. The van der Waals surface area contributed by atoms with E-state index in [2.05, 4.69) is 16.0 Å². The van der Waals surface area contributed by atoms with E-state index >= 15 is 8.78 Å². The fourth-order valence-corrected chi connectivity index (χ4v) is 22.7. The molecule has 0 bridgehead atoms. The molecular weight excluding hydrogens is 1650 g/mol.